The number of ether oxygens (including phenoxy) is 2. The largest absolute Gasteiger partial charge is 0.454 e. The van der Waals surface area contributed by atoms with Gasteiger partial charge in [-0.3, -0.25) is 9.59 Å². The van der Waals surface area contributed by atoms with Gasteiger partial charge in [-0.25, -0.2) is 0 Å². The third kappa shape index (κ3) is 4.45. The number of benzene rings is 1. The second kappa shape index (κ2) is 8.69. The fraction of sp³-hybridized carbons (Fsp3) is 0.364. The molecule has 1 aromatic carbocycles. The summed E-state index contributed by atoms with van der Waals surface area (Å²) in [6.45, 7) is 3.56. The molecular formula is C22H24N2O4S. The Morgan fingerprint density at radius 1 is 1.28 bits per heavy atom. The van der Waals surface area contributed by atoms with E-state index in [1.165, 1.54) is 16.5 Å². The van der Waals surface area contributed by atoms with E-state index < -0.39 is 6.04 Å². The van der Waals surface area contributed by atoms with Crippen molar-refractivity contribution in [2.75, 3.05) is 13.3 Å². The molecule has 7 heteroatoms. The molecule has 1 unspecified atom stereocenters. The van der Waals surface area contributed by atoms with Crippen molar-refractivity contribution >= 4 is 29.2 Å². The van der Waals surface area contributed by atoms with Gasteiger partial charge in [0.1, 0.15) is 6.04 Å². The molecular weight excluding hydrogens is 388 g/mol. The minimum Gasteiger partial charge on any atom is -0.454 e. The van der Waals surface area contributed by atoms with Crippen molar-refractivity contribution in [1.82, 2.24) is 10.2 Å². The molecule has 0 bridgehead atoms. The molecule has 2 aromatic rings. The molecule has 1 aromatic heterocycles. The summed E-state index contributed by atoms with van der Waals surface area (Å²) >= 11 is 1.75. The molecule has 6 nitrogen and oxygen atoms in total. The van der Waals surface area contributed by atoms with E-state index >= 15 is 0 Å². The molecule has 0 fully saturated rings. The Balaban J connectivity index is 1.38. The number of nitrogens with zero attached hydrogens (tertiary/aromatic N) is 1. The Kier molecular flexibility index (Phi) is 5.85. The van der Waals surface area contributed by atoms with Crippen LogP contribution in [0, 0.1) is 0 Å². The minimum atomic E-state index is -0.505. The number of carbonyl (C=O) groups is 2. The molecule has 0 saturated carbocycles. The predicted octanol–water partition coefficient (Wildman–Crippen LogP) is 3.36. The van der Waals surface area contributed by atoms with E-state index in [1.807, 2.05) is 30.0 Å². The number of carbonyl (C=O) groups excluding carboxylic acids is 2. The fourth-order valence-corrected chi connectivity index (χ4v) is 4.50. The van der Waals surface area contributed by atoms with Crippen LogP contribution in [0.2, 0.25) is 0 Å². The summed E-state index contributed by atoms with van der Waals surface area (Å²) in [6.07, 6.45) is 5.50. The molecule has 152 valence electrons. The van der Waals surface area contributed by atoms with Crippen molar-refractivity contribution in [3.63, 3.8) is 0 Å². The van der Waals surface area contributed by atoms with Crippen LogP contribution in [0.15, 0.2) is 35.7 Å². The van der Waals surface area contributed by atoms with Crippen LogP contribution in [0.1, 0.15) is 35.8 Å². The maximum Gasteiger partial charge on any atom is 0.245 e. The topological polar surface area (TPSA) is 67.9 Å². The average Bonchev–Trinajstić information content (AvgIpc) is 3.39. The molecule has 2 aliphatic rings. The average molecular weight is 413 g/mol. The number of fused-ring (bicyclic) bond motifs is 2. The highest BCUT2D eigenvalue weighted by Gasteiger charge is 2.28. The second-order valence-electron chi connectivity index (χ2n) is 7.17. The van der Waals surface area contributed by atoms with E-state index in [0.717, 1.165) is 18.4 Å². The monoisotopic (exact) mass is 412 g/mol. The Morgan fingerprint density at radius 2 is 2.14 bits per heavy atom. The molecule has 0 radical (unpaired) electrons. The van der Waals surface area contributed by atoms with Crippen LogP contribution in [0.4, 0.5) is 0 Å². The van der Waals surface area contributed by atoms with Crippen molar-refractivity contribution in [3.05, 3.63) is 51.7 Å². The molecule has 0 spiro atoms. The lowest BCUT2D eigenvalue weighted by atomic mass is 10.1. The van der Waals surface area contributed by atoms with Gasteiger partial charge in [-0.15, -0.1) is 11.3 Å². The maximum atomic E-state index is 13.0. The van der Waals surface area contributed by atoms with E-state index in [-0.39, 0.29) is 18.6 Å². The highest BCUT2D eigenvalue weighted by molar-refractivity contribution is 7.10. The number of thiophene rings is 1. The van der Waals surface area contributed by atoms with Crippen LogP contribution in [0.5, 0.6) is 11.5 Å². The van der Waals surface area contributed by atoms with Crippen molar-refractivity contribution < 1.29 is 19.1 Å². The first kappa shape index (κ1) is 19.5. The van der Waals surface area contributed by atoms with Gasteiger partial charge in [0, 0.05) is 24.0 Å². The Morgan fingerprint density at radius 3 is 3.00 bits per heavy atom. The summed E-state index contributed by atoms with van der Waals surface area (Å²) in [4.78, 5) is 28.7. The van der Waals surface area contributed by atoms with Gasteiger partial charge in [-0.1, -0.05) is 19.4 Å². The van der Waals surface area contributed by atoms with Crippen LogP contribution >= 0.6 is 11.3 Å². The van der Waals surface area contributed by atoms with Crippen LogP contribution in [0.3, 0.4) is 0 Å². The van der Waals surface area contributed by atoms with Crippen molar-refractivity contribution in [2.45, 2.75) is 38.8 Å². The van der Waals surface area contributed by atoms with Crippen molar-refractivity contribution in [2.24, 2.45) is 0 Å². The smallest absolute Gasteiger partial charge is 0.245 e. The number of rotatable bonds is 6. The quantitative estimate of drug-likeness (QED) is 0.739. The molecule has 0 aliphatic carbocycles. The summed E-state index contributed by atoms with van der Waals surface area (Å²) in [5.74, 6) is 1.09. The molecule has 3 heterocycles. The first-order valence-electron chi connectivity index (χ1n) is 9.86. The minimum absolute atomic E-state index is 0.00599. The maximum absolute atomic E-state index is 13.0. The van der Waals surface area contributed by atoms with Gasteiger partial charge in [-0.05, 0) is 53.6 Å². The van der Waals surface area contributed by atoms with Gasteiger partial charge in [0.15, 0.2) is 11.5 Å². The van der Waals surface area contributed by atoms with Gasteiger partial charge in [0.2, 0.25) is 18.6 Å². The van der Waals surface area contributed by atoms with Crippen LogP contribution in [-0.2, 0) is 22.6 Å². The van der Waals surface area contributed by atoms with E-state index in [1.54, 1.807) is 17.4 Å². The predicted molar refractivity (Wildman–Crippen MR) is 112 cm³/mol. The zero-order valence-corrected chi connectivity index (χ0v) is 17.2. The zero-order chi connectivity index (χ0) is 20.2. The van der Waals surface area contributed by atoms with Crippen molar-refractivity contribution in [1.29, 1.82) is 0 Å². The normalized spacial score (nSPS) is 16.0. The van der Waals surface area contributed by atoms with Crippen molar-refractivity contribution in [3.8, 4) is 11.5 Å². The summed E-state index contributed by atoms with van der Waals surface area (Å²) < 4.78 is 10.6. The Bertz CT molecular complexity index is 937. The van der Waals surface area contributed by atoms with Gasteiger partial charge in [0.25, 0.3) is 0 Å². The highest BCUT2D eigenvalue weighted by Crippen LogP contribution is 2.32. The van der Waals surface area contributed by atoms with Crippen LogP contribution in [-0.4, -0.2) is 36.1 Å². The molecule has 1 atom stereocenters. The van der Waals surface area contributed by atoms with Crippen LogP contribution < -0.4 is 14.8 Å². The number of nitrogens with one attached hydrogen (secondary N) is 1. The van der Waals surface area contributed by atoms with E-state index in [9.17, 15) is 9.59 Å². The number of amides is 2. The fourth-order valence-electron chi connectivity index (χ4n) is 3.61. The summed E-state index contributed by atoms with van der Waals surface area (Å²) in [5.41, 5.74) is 2.06. The van der Waals surface area contributed by atoms with Crippen LogP contribution in [0.25, 0.3) is 6.08 Å². The molecule has 2 amide bonds. The van der Waals surface area contributed by atoms with E-state index in [2.05, 4.69) is 16.8 Å². The lowest BCUT2D eigenvalue weighted by Crippen LogP contribution is -2.49. The summed E-state index contributed by atoms with van der Waals surface area (Å²) in [5, 5.41) is 4.96. The molecule has 2 aliphatic heterocycles. The lowest BCUT2D eigenvalue weighted by Gasteiger charge is -2.30. The third-order valence-electron chi connectivity index (χ3n) is 5.14. The third-order valence-corrected chi connectivity index (χ3v) is 6.16. The first-order chi connectivity index (χ1) is 14.1. The lowest BCUT2D eigenvalue weighted by molar-refractivity contribution is -0.136. The van der Waals surface area contributed by atoms with Gasteiger partial charge < -0.3 is 19.7 Å². The first-order valence-corrected chi connectivity index (χ1v) is 10.7. The second-order valence-corrected chi connectivity index (χ2v) is 8.18. The highest BCUT2D eigenvalue weighted by atomic mass is 32.1. The number of hydrogen-bond acceptors (Lipinski definition) is 5. The Hall–Kier alpha value is -2.80. The molecule has 4 rings (SSSR count). The molecule has 1 N–H and O–H groups in total. The summed E-state index contributed by atoms with van der Waals surface area (Å²) in [6, 6.07) is 7.08. The SMILES string of the molecule is CCCC(NC(=O)/C=C/c1ccc2c(c1)OCO2)C(=O)N1CCc2sccc2C1. The van der Waals surface area contributed by atoms with Gasteiger partial charge in [-0.2, -0.15) is 0 Å². The molecule has 29 heavy (non-hydrogen) atoms. The van der Waals surface area contributed by atoms with E-state index in [0.29, 0.717) is 31.0 Å². The number of hydrogen-bond donors (Lipinski definition) is 1. The zero-order valence-electron chi connectivity index (χ0n) is 16.3. The molecule has 0 saturated heterocycles. The summed E-state index contributed by atoms with van der Waals surface area (Å²) in [7, 11) is 0. The van der Waals surface area contributed by atoms with E-state index in [4.69, 9.17) is 9.47 Å². The van der Waals surface area contributed by atoms with Gasteiger partial charge in [0.05, 0.1) is 0 Å². The van der Waals surface area contributed by atoms with Gasteiger partial charge >= 0.3 is 0 Å². The standard InChI is InChI=1S/C22H24N2O4S/c1-2-3-17(22(26)24-10-8-20-16(13-24)9-11-29-20)23-21(25)7-5-15-4-6-18-19(12-15)28-14-27-18/h4-7,9,11-12,17H,2-3,8,10,13-14H2,1H3,(H,23,25)/b7-5+. The Labute approximate surface area is 174 Å².